The highest BCUT2D eigenvalue weighted by Gasteiger charge is 2.23. The first kappa shape index (κ1) is 19.6. The molecule has 1 aromatic carbocycles. The van der Waals surface area contributed by atoms with Crippen LogP contribution in [0.5, 0.6) is 0 Å². The largest absolute Gasteiger partial charge is 0.444 e. The maximum atomic E-state index is 13.0. The molecule has 0 spiro atoms. The number of aryl methyl sites for hydroxylation is 2. The fraction of sp³-hybridized carbons (Fsp3) is 0.545. The van der Waals surface area contributed by atoms with Crippen LogP contribution in [0.15, 0.2) is 28.8 Å². The fourth-order valence-corrected chi connectivity index (χ4v) is 3.39. The van der Waals surface area contributed by atoms with Crippen molar-refractivity contribution in [3.05, 3.63) is 52.7 Å². The van der Waals surface area contributed by atoms with Crippen LogP contribution in [0.4, 0.5) is 0 Å². The average Bonchev–Trinajstić information content (AvgIpc) is 2.96. The molecule has 0 aliphatic carbocycles. The van der Waals surface area contributed by atoms with E-state index in [1.165, 1.54) is 0 Å². The lowest BCUT2D eigenvalue weighted by molar-refractivity contribution is 0.0760. The lowest BCUT2D eigenvalue weighted by Gasteiger charge is -2.22. The van der Waals surface area contributed by atoms with Crippen LogP contribution in [0.2, 0.25) is 0 Å². The Balaban J connectivity index is 1.63. The highest BCUT2D eigenvalue weighted by atomic mass is 16.4. The van der Waals surface area contributed by atoms with Gasteiger partial charge in [-0.15, -0.1) is 0 Å². The van der Waals surface area contributed by atoms with Crippen LogP contribution in [0.25, 0.3) is 0 Å². The van der Waals surface area contributed by atoms with Crippen LogP contribution < -0.4 is 0 Å². The fourth-order valence-electron chi connectivity index (χ4n) is 3.39. The molecule has 1 aromatic heterocycles. The second-order valence-electron chi connectivity index (χ2n) is 8.61. The Morgan fingerprint density at radius 1 is 1.15 bits per heavy atom. The second kappa shape index (κ2) is 7.85. The van der Waals surface area contributed by atoms with Gasteiger partial charge in [-0.05, 0) is 31.9 Å². The van der Waals surface area contributed by atoms with Crippen LogP contribution in [-0.2, 0) is 12.0 Å². The van der Waals surface area contributed by atoms with E-state index in [9.17, 15) is 4.79 Å². The summed E-state index contributed by atoms with van der Waals surface area (Å²) in [5, 5.41) is 0. The third-order valence-corrected chi connectivity index (χ3v) is 5.15. The molecule has 0 N–H and O–H groups in total. The first-order valence-electron chi connectivity index (χ1n) is 9.78. The zero-order valence-corrected chi connectivity index (χ0v) is 17.2. The topological polar surface area (TPSA) is 49.6 Å². The molecule has 1 saturated heterocycles. The van der Waals surface area contributed by atoms with Gasteiger partial charge in [0, 0.05) is 37.2 Å². The quantitative estimate of drug-likeness (QED) is 0.822. The number of hydrogen-bond acceptors (Lipinski definition) is 4. The van der Waals surface area contributed by atoms with E-state index in [4.69, 9.17) is 4.42 Å². The van der Waals surface area contributed by atoms with Crippen molar-refractivity contribution in [1.29, 1.82) is 0 Å². The van der Waals surface area contributed by atoms with Crippen LogP contribution >= 0.6 is 0 Å². The second-order valence-corrected chi connectivity index (χ2v) is 8.61. The molecule has 2 aromatic rings. The standard InChI is InChI=1S/C22H31N3O2/c1-16-7-8-17(2)18(13-16)21(26)25-10-6-9-24(11-12-25)15-20-23-14-19(27-20)22(3,4)5/h7-8,13-14H,6,9-12,15H2,1-5H3. The summed E-state index contributed by atoms with van der Waals surface area (Å²) in [6.45, 7) is 14.4. The maximum absolute atomic E-state index is 13.0. The minimum absolute atomic E-state index is 0.0288. The van der Waals surface area contributed by atoms with Crippen molar-refractivity contribution >= 4 is 5.91 Å². The van der Waals surface area contributed by atoms with Crippen molar-refractivity contribution < 1.29 is 9.21 Å². The lowest BCUT2D eigenvalue weighted by Crippen LogP contribution is -2.35. The summed E-state index contributed by atoms with van der Waals surface area (Å²) in [6, 6.07) is 6.08. The molecule has 2 heterocycles. The Kier molecular flexibility index (Phi) is 5.70. The van der Waals surface area contributed by atoms with Gasteiger partial charge in [-0.3, -0.25) is 9.69 Å². The van der Waals surface area contributed by atoms with E-state index >= 15 is 0 Å². The molecule has 27 heavy (non-hydrogen) atoms. The molecule has 1 aliphatic rings. The summed E-state index contributed by atoms with van der Waals surface area (Å²) in [4.78, 5) is 21.7. The molecule has 3 rings (SSSR count). The molecule has 146 valence electrons. The van der Waals surface area contributed by atoms with Gasteiger partial charge in [-0.1, -0.05) is 38.5 Å². The van der Waals surface area contributed by atoms with Gasteiger partial charge in [0.15, 0.2) is 0 Å². The first-order chi connectivity index (χ1) is 12.7. The number of nitrogens with zero attached hydrogens (tertiary/aromatic N) is 3. The summed E-state index contributed by atoms with van der Waals surface area (Å²) in [5.41, 5.74) is 2.96. The van der Waals surface area contributed by atoms with Gasteiger partial charge in [0.2, 0.25) is 5.89 Å². The summed E-state index contributed by atoms with van der Waals surface area (Å²) in [7, 11) is 0. The molecule has 0 radical (unpaired) electrons. The van der Waals surface area contributed by atoms with Crippen LogP contribution in [0, 0.1) is 13.8 Å². The van der Waals surface area contributed by atoms with Gasteiger partial charge in [0.25, 0.3) is 5.91 Å². The van der Waals surface area contributed by atoms with E-state index in [1.807, 2.05) is 37.1 Å². The minimum Gasteiger partial charge on any atom is -0.444 e. The summed E-state index contributed by atoms with van der Waals surface area (Å²) >= 11 is 0. The minimum atomic E-state index is -0.0288. The normalized spacial score (nSPS) is 16.4. The van der Waals surface area contributed by atoms with Crippen molar-refractivity contribution in [2.75, 3.05) is 26.2 Å². The number of aromatic nitrogens is 1. The number of rotatable bonds is 3. The van der Waals surface area contributed by atoms with E-state index in [1.54, 1.807) is 0 Å². The van der Waals surface area contributed by atoms with Crippen LogP contribution in [0.3, 0.4) is 0 Å². The Morgan fingerprint density at radius 2 is 1.93 bits per heavy atom. The predicted molar refractivity (Wildman–Crippen MR) is 107 cm³/mol. The van der Waals surface area contributed by atoms with E-state index in [2.05, 4.69) is 36.7 Å². The van der Waals surface area contributed by atoms with E-state index < -0.39 is 0 Å². The molecule has 0 saturated carbocycles. The first-order valence-corrected chi connectivity index (χ1v) is 9.78. The number of carbonyl (C=O) groups excluding carboxylic acids is 1. The number of hydrogen-bond donors (Lipinski definition) is 0. The molecule has 1 aliphatic heterocycles. The SMILES string of the molecule is Cc1ccc(C)c(C(=O)N2CCCN(Cc3ncc(C(C)(C)C)o3)CC2)c1. The van der Waals surface area contributed by atoms with Gasteiger partial charge in [-0.25, -0.2) is 4.98 Å². The van der Waals surface area contributed by atoms with Crippen LogP contribution in [0.1, 0.15) is 60.3 Å². The lowest BCUT2D eigenvalue weighted by atomic mass is 9.94. The third kappa shape index (κ3) is 4.78. The summed E-state index contributed by atoms with van der Waals surface area (Å²) < 4.78 is 5.93. The summed E-state index contributed by atoms with van der Waals surface area (Å²) in [6.07, 6.45) is 2.80. The number of oxazole rings is 1. The molecular weight excluding hydrogens is 338 g/mol. The number of benzene rings is 1. The molecule has 1 fully saturated rings. The van der Waals surface area contributed by atoms with Crippen molar-refractivity contribution in [3.63, 3.8) is 0 Å². The zero-order valence-electron chi connectivity index (χ0n) is 17.2. The molecule has 0 bridgehead atoms. The van der Waals surface area contributed by atoms with E-state index in [-0.39, 0.29) is 11.3 Å². The van der Waals surface area contributed by atoms with Gasteiger partial charge < -0.3 is 9.32 Å². The predicted octanol–water partition coefficient (Wildman–Crippen LogP) is 3.94. The van der Waals surface area contributed by atoms with Gasteiger partial charge in [-0.2, -0.15) is 0 Å². The monoisotopic (exact) mass is 369 g/mol. The smallest absolute Gasteiger partial charge is 0.254 e. The van der Waals surface area contributed by atoms with E-state index in [0.29, 0.717) is 6.54 Å². The highest BCUT2D eigenvalue weighted by Crippen LogP contribution is 2.23. The Labute approximate surface area is 162 Å². The van der Waals surface area contributed by atoms with E-state index in [0.717, 1.165) is 60.9 Å². The molecule has 1 amide bonds. The molecular formula is C22H31N3O2. The third-order valence-electron chi connectivity index (χ3n) is 5.15. The zero-order chi connectivity index (χ0) is 19.6. The van der Waals surface area contributed by atoms with Gasteiger partial charge in [0.1, 0.15) is 5.76 Å². The highest BCUT2D eigenvalue weighted by molar-refractivity contribution is 5.95. The van der Waals surface area contributed by atoms with Gasteiger partial charge in [0.05, 0.1) is 12.7 Å². The van der Waals surface area contributed by atoms with Gasteiger partial charge >= 0.3 is 0 Å². The molecule has 0 atom stereocenters. The number of amides is 1. The van der Waals surface area contributed by atoms with Crippen molar-refractivity contribution in [2.45, 2.75) is 53.0 Å². The molecule has 5 nitrogen and oxygen atoms in total. The van der Waals surface area contributed by atoms with Crippen molar-refractivity contribution in [2.24, 2.45) is 0 Å². The molecule has 5 heteroatoms. The average molecular weight is 370 g/mol. The van der Waals surface area contributed by atoms with Crippen LogP contribution in [-0.4, -0.2) is 46.9 Å². The Morgan fingerprint density at radius 3 is 2.63 bits per heavy atom. The molecule has 0 unspecified atom stereocenters. The Bertz CT molecular complexity index is 804. The van der Waals surface area contributed by atoms with Crippen molar-refractivity contribution in [1.82, 2.24) is 14.8 Å². The number of carbonyl (C=O) groups is 1. The van der Waals surface area contributed by atoms with Crippen molar-refractivity contribution in [3.8, 4) is 0 Å². The Hall–Kier alpha value is -2.14. The maximum Gasteiger partial charge on any atom is 0.254 e. The summed E-state index contributed by atoms with van der Waals surface area (Å²) in [5.74, 6) is 1.82.